The summed E-state index contributed by atoms with van der Waals surface area (Å²) in [4.78, 5) is 4.06. The smallest absolute Gasteiger partial charge is 0.119 e. The number of benzene rings is 1. The number of ether oxygens (including phenoxy) is 1. The van der Waals surface area contributed by atoms with Crippen LogP contribution in [0.5, 0.6) is 5.75 Å². The molecule has 1 aromatic carbocycles. The molecule has 2 saturated carbocycles. The van der Waals surface area contributed by atoms with Gasteiger partial charge in [-0.15, -0.1) is 0 Å². The van der Waals surface area contributed by atoms with Gasteiger partial charge in [0.2, 0.25) is 0 Å². The van der Waals surface area contributed by atoms with E-state index in [0.29, 0.717) is 6.10 Å². The van der Waals surface area contributed by atoms with Crippen molar-refractivity contribution in [2.75, 3.05) is 5.32 Å². The summed E-state index contributed by atoms with van der Waals surface area (Å²) in [5, 5.41) is 3.44. The molecule has 4 rings (SSSR count). The van der Waals surface area contributed by atoms with Crippen LogP contribution in [0.1, 0.15) is 69.8 Å². The molecule has 3 heteroatoms. The zero-order valence-electron chi connectivity index (χ0n) is 17.0. The Hall–Kier alpha value is -2.03. The monoisotopic (exact) mass is 378 g/mol. The van der Waals surface area contributed by atoms with Crippen LogP contribution in [0.3, 0.4) is 0 Å². The fourth-order valence-electron chi connectivity index (χ4n) is 5.02. The van der Waals surface area contributed by atoms with Crippen LogP contribution in [0.15, 0.2) is 48.8 Å². The summed E-state index contributed by atoms with van der Waals surface area (Å²) in [5.41, 5.74) is 2.38. The molecule has 0 saturated heterocycles. The van der Waals surface area contributed by atoms with Crippen LogP contribution < -0.4 is 10.1 Å². The van der Waals surface area contributed by atoms with Crippen LogP contribution in [-0.4, -0.2) is 11.1 Å². The predicted molar refractivity (Wildman–Crippen MR) is 116 cm³/mol. The minimum Gasteiger partial charge on any atom is -0.490 e. The lowest BCUT2D eigenvalue weighted by molar-refractivity contribution is 0.0390. The maximum atomic E-state index is 6.68. The van der Waals surface area contributed by atoms with Crippen LogP contribution in [0.2, 0.25) is 0 Å². The predicted octanol–water partition coefficient (Wildman–Crippen LogP) is 6.60. The Bertz CT molecular complexity index is 670. The van der Waals surface area contributed by atoms with Gasteiger partial charge in [-0.25, -0.2) is 0 Å². The minimum absolute atomic E-state index is 0.418. The molecule has 28 heavy (non-hydrogen) atoms. The molecular weight excluding hydrogens is 344 g/mol. The third kappa shape index (κ3) is 5.27. The molecule has 0 unspecified atom stereocenters. The fourth-order valence-corrected chi connectivity index (χ4v) is 5.02. The highest BCUT2D eigenvalue weighted by Crippen LogP contribution is 2.38. The molecule has 0 atom stereocenters. The van der Waals surface area contributed by atoms with Crippen molar-refractivity contribution in [1.29, 1.82) is 0 Å². The van der Waals surface area contributed by atoms with E-state index in [2.05, 4.69) is 34.6 Å². The van der Waals surface area contributed by atoms with Crippen molar-refractivity contribution in [2.24, 2.45) is 11.8 Å². The molecule has 0 aliphatic heterocycles. The number of hydrogen-bond acceptors (Lipinski definition) is 3. The highest BCUT2D eigenvalue weighted by Gasteiger charge is 2.33. The first-order valence-electron chi connectivity index (χ1n) is 11.3. The average molecular weight is 379 g/mol. The van der Waals surface area contributed by atoms with Gasteiger partial charge in [-0.05, 0) is 67.3 Å². The Morgan fingerprint density at radius 2 is 1.36 bits per heavy atom. The van der Waals surface area contributed by atoms with Gasteiger partial charge in [0, 0.05) is 24.6 Å². The van der Waals surface area contributed by atoms with E-state index < -0.39 is 0 Å². The summed E-state index contributed by atoms with van der Waals surface area (Å²) in [6.07, 6.45) is 17.8. The van der Waals surface area contributed by atoms with Crippen LogP contribution in [-0.2, 0) is 6.54 Å². The molecule has 2 fully saturated rings. The Morgan fingerprint density at radius 3 is 1.93 bits per heavy atom. The second kappa shape index (κ2) is 9.95. The summed E-state index contributed by atoms with van der Waals surface area (Å²) in [6, 6.07) is 12.7. The number of pyridine rings is 1. The molecule has 2 aliphatic rings. The molecule has 2 aliphatic carbocycles. The van der Waals surface area contributed by atoms with E-state index in [1.807, 2.05) is 24.5 Å². The van der Waals surface area contributed by atoms with Gasteiger partial charge in [-0.3, -0.25) is 4.98 Å². The van der Waals surface area contributed by atoms with Crippen LogP contribution in [0.4, 0.5) is 5.69 Å². The van der Waals surface area contributed by atoms with Crippen LogP contribution in [0.25, 0.3) is 0 Å². The van der Waals surface area contributed by atoms with E-state index in [-0.39, 0.29) is 0 Å². The normalized spacial score (nSPS) is 18.9. The maximum absolute atomic E-state index is 6.68. The summed E-state index contributed by atoms with van der Waals surface area (Å²) in [5.74, 6) is 2.56. The fraction of sp³-hybridized carbons (Fsp3) is 0.560. The Kier molecular flexibility index (Phi) is 6.86. The second-order valence-corrected chi connectivity index (χ2v) is 8.61. The standard InChI is InChI=1S/C25H34N2O/c1-3-7-21(8-4-1)25(22-9-5-2-6-10-22)28-24-13-11-20(12-14-24)19-27-23-15-17-26-18-16-23/h11-18,21-22,25H,1-10,19H2,(H,26,27). The first-order valence-corrected chi connectivity index (χ1v) is 11.3. The highest BCUT2D eigenvalue weighted by molar-refractivity contribution is 5.42. The lowest BCUT2D eigenvalue weighted by Crippen LogP contribution is -2.37. The average Bonchev–Trinajstić information content (AvgIpc) is 2.79. The van der Waals surface area contributed by atoms with Crippen molar-refractivity contribution in [1.82, 2.24) is 4.98 Å². The Balaban J connectivity index is 1.38. The van der Waals surface area contributed by atoms with Gasteiger partial charge in [-0.1, -0.05) is 50.7 Å². The van der Waals surface area contributed by atoms with Gasteiger partial charge >= 0.3 is 0 Å². The molecule has 1 N–H and O–H groups in total. The lowest BCUT2D eigenvalue weighted by atomic mass is 9.75. The minimum atomic E-state index is 0.418. The van der Waals surface area contributed by atoms with Crippen molar-refractivity contribution in [2.45, 2.75) is 76.9 Å². The van der Waals surface area contributed by atoms with Crippen molar-refractivity contribution in [3.8, 4) is 5.75 Å². The maximum Gasteiger partial charge on any atom is 0.119 e. The highest BCUT2D eigenvalue weighted by atomic mass is 16.5. The molecule has 150 valence electrons. The number of aromatic nitrogens is 1. The lowest BCUT2D eigenvalue weighted by Gasteiger charge is -2.37. The molecular formula is C25H34N2O. The molecule has 0 spiro atoms. The van der Waals surface area contributed by atoms with Gasteiger partial charge in [0.05, 0.1) is 0 Å². The van der Waals surface area contributed by atoms with Crippen LogP contribution in [0, 0.1) is 11.8 Å². The van der Waals surface area contributed by atoms with Gasteiger partial charge in [0.15, 0.2) is 0 Å². The number of anilines is 1. The van der Waals surface area contributed by atoms with E-state index >= 15 is 0 Å². The van der Waals surface area contributed by atoms with E-state index in [1.54, 1.807) is 0 Å². The van der Waals surface area contributed by atoms with Crippen molar-refractivity contribution < 1.29 is 4.74 Å². The molecule has 0 radical (unpaired) electrons. The molecule has 1 heterocycles. The summed E-state index contributed by atoms with van der Waals surface area (Å²) in [7, 11) is 0. The zero-order valence-corrected chi connectivity index (χ0v) is 17.0. The van der Waals surface area contributed by atoms with Crippen molar-refractivity contribution >= 4 is 5.69 Å². The number of nitrogens with one attached hydrogen (secondary N) is 1. The molecule has 3 nitrogen and oxygen atoms in total. The third-order valence-corrected chi connectivity index (χ3v) is 6.60. The number of hydrogen-bond donors (Lipinski definition) is 1. The third-order valence-electron chi connectivity index (χ3n) is 6.60. The Labute approximate surface area is 169 Å². The van der Waals surface area contributed by atoms with Crippen molar-refractivity contribution in [3.05, 3.63) is 54.4 Å². The zero-order chi connectivity index (χ0) is 19.0. The van der Waals surface area contributed by atoms with E-state index in [0.717, 1.165) is 29.8 Å². The van der Waals surface area contributed by atoms with Gasteiger partial charge < -0.3 is 10.1 Å². The number of rotatable bonds is 7. The summed E-state index contributed by atoms with van der Waals surface area (Å²) >= 11 is 0. The molecule has 0 bridgehead atoms. The first-order chi connectivity index (χ1) is 13.9. The first kappa shape index (κ1) is 19.3. The van der Waals surface area contributed by atoms with Crippen LogP contribution >= 0.6 is 0 Å². The van der Waals surface area contributed by atoms with E-state index in [9.17, 15) is 0 Å². The van der Waals surface area contributed by atoms with E-state index in [1.165, 1.54) is 69.8 Å². The largest absolute Gasteiger partial charge is 0.490 e. The molecule has 2 aromatic rings. The molecule has 0 amide bonds. The van der Waals surface area contributed by atoms with Gasteiger partial charge in [0.1, 0.15) is 11.9 Å². The number of nitrogens with zero attached hydrogens (tertiary/aromatic N) is 1. The SMILES string of the molecule is c1cc(NCc2ccc(OC(C3CCCCC3)C3CCCCC3)cc2)ccn1. The quantitative estimate of drug-likeness (QED) is 0.589. The summed E-state index contributed by atoms with van der Waals surface area (Å²) < 4.78 is 6.68. The Morgan fingerprint density at radius 1 is 0.786 bits per heavy atom. The topological polar surface area (TPSA) is 34.1 Å². The van der Waals surface area contributed by atoms with Gasteiger partial charge in [-0.2, -0.15) is 0 Å². The molecule has 1 aromatic heterocycles. The van der Waals surface area contributed by atoms with E-state index in [4.69, 9.17) is 4.74 Å². The summed E-state index contributed by atoms with van der Waals surface area (Å²) in [6.45, 7) is 0.818. The van der Waals surface area contributed by atoms with Gasteiger partial charge in [0.25, 0.3) is 0 Å². The van der Waals surface area contributed by atoms with Crippen molar-refractivity contribution in [3.63, 3.8) is 0 Å². The second-order valence-electron chi connectivity index (χ2n) is 8.61.